The van der Waals surface area contributed by atoms with Crippen LogP contribution < -0.4 is 15.0 Å². The van der Waals surface area contributed by atoms with Crippen molar-refractivity contribution in [1.82, 2.24) is 25.2 Å². The molecular weight excluding hydrogens is 569 g/mol. The number of ether oxygens (including phenoxy) is 1. The van der Waals surface area contributed by atoms with E-state index in [0.717, 1.165) is 45.3 Å². The van der Waals surface area contributed by atoms with Gasteiger partial charge in [-0.1, -0.05) is 13.0 Å². The number of fused-ring (bicyclic) bond motifs is 6. The van der Waals surface area contributed by atoms with Crippen LogP contribution in [0.3, 0.4) is 0 Å². The average molecular weight is 605 g/mol. The van der Waals surface area contributed by atoms with Crippen LogP contribution in [0.5, 0.6) is 11.8 Å². The summed E-state index contributed by atoms with van der Waals surface area (Å²) in [5.74, 6) is -0.601. The zero-order chi connectivity index (χ0) is 30.2. The molecule has 5 fully saturated rings. The number of nitrogens with one attached hydrogen (secondary N) is 1. The zero-order valence-electron chi connectivity index (χ0n) is 24.6. The van der Waals surface area contributed by atoms with Crippen LogP contribution in [-0.2, 0) is 6.42 Å². The minimum atomic E-state index is -0.899. The van der Waals surface area contributed by atoms with Gasteiger partial charge in [0.15, 0.2) is 5.82 Å². The highest BCUT2D eigenvalue weighted by Crippen LogP contribution is 2.42. The maximum absolute atomic E-state index is 16.8. The molecule has 0 aliphatic carbocycles. The Morgan fingerprint density at radius 1 is 1.16 bits per heavy atom. The summed E-state index contributed by atoms with van der Waals surface area (Å²) < 4.78 is 52.4. The lowest BCUT2D eigenvalue weighted by Gasteiger charge is -2.46. The Hall–Kier alpha value is -3.70. The van der Waals surface area contributed by atoms with Crippen LogP contribution in [0, 0.1) is 11.6 Å². The van der Waals surface area contributed by atoms with E-state index in [0.29, 0.717) is 58.5 Å². The van der Waals surface area contributed by atoms with Crippen LogP contribution in [0.4, 0.5) is 19.0 Å². The Labute approximate surface area is 253 Å². The van der Waals surface area contributed by atoms with Crippen LogP contribution in [-0.4, -0.2) is 81.5 Å². The lowest BCUT2D eigenvalue weighted by atomic mass is 9.92. The summed E-state index contributed by atoms with van der Waals surface area (Å²) in [6.07, 6.45) is 5.32. The number of phenols is 1. The predicted molar refractivity (Wildman–Crippen MR) is 162 cm³/mol. The van der Waals surface area contributed by atoms with Gasteiger partial charge in [0.05, 0.1) is 10.9 Å². The molecule has 11 heteroatoms. The van der Waals surface area contributed by atoms with Crippen molar-refractivity contribution in [3.05, 3.63) is 47.7 Å². The maximum Gasteiger partial charge on any atom is 0.319 e. The van der Waals surface area contributed by atoms with E-state index in [1.54, 1.807) is 18.3 Å². The lowest BCUT2D eigenvalue weighted by Crippen LogP contribution is -2.61. The third-order valence-electron chi connectivity index (χ3n) is 10.3. The molecule has 0 saturated carbocycles. The highest BCUT2D eigenvalue weighted by molar-refractivity contribution is 6.01. The van der Waals surface area contributed by atoms with E-state index < -0.39 is 23.3 Å². The number of aromatic hydroxyl groups is 1. The van der Waals surface area contributed by atoms with Gasteiger partial charge in [-0.25, -0.2) is 13.2 Å². The molecule has 5 saturated heterocycles. The van der Waals surface area contributed by atoms with Gasteiger partial charge in [-0.05, 0) is 73.2 Å². The second-order valence-electron chi connectivity index (χ2n) is 12.8. The van der Waals surface area contributed by atoms with Crippen LogP contribution in [0.15, 0.2) is 30.5 Å². The Bertz CT molecular complexity index is 1780. The van der Waals surface area contributed by atoms with Crippen molar-refractivity contribution in [3.63, 3.8) is 0 Å². The third-order valence-corrected chi connectivity index (χ3v) is 10.3. The highest BCUT2D eigenvalue weighted by Gasteiger charge is 2.49. The van der Waals surface area contributed by atoms with E-state index in [1.807, 2.05) is 6.92 Å². The van der Waals surface area contributed by atoms with Gasteiger partial charge >= 0.3 is 6.01 Å². The van der Waals surface area contributed by atoms with Crippen LogP contribution in [0.1, 0.15) is 44.6 Å². The number of phenolic OH excluding ortho intramolecular Hbond substituents is 1. The number of aromatic nitrogens is 3. The molecule has 9 rings (SSSR count). The molecule has 7 heterocycles. The molecule has 8 nitrogen and oxygen atoms in total. The Balaban J connectivity index is 1.28. The van der Waals surface area contributed by atoms with Gasteiger partial charge in [-0.15, -0.1) is 0 Å². The van der Waals surface area contributed by atoms with Crippen LogP contribution in [0.2, 0.25) is 0 Å². The van der Waals surface area contributed by atoms with Crippen molar-refractivity contribution in [2.45, 2.75) is 69.2 Å². The maximum atomic E-state index is 16.8. The lowest BCUT2D eigenvalue weighted by molar-refractivity contribution is 0.107. The molecule has 5 aliphatic rings. The van der Waals surface area contributed by atoms with Gasteiger partial charge in [0.1, 0.15) is 41.4 Å². The van der Waals surface area contributed by atoms with Crippen LogP contribution in [0.25, 0.3) is 32.9 Å². The number of aryl methyl sites for hydroxylation is 1. The first-order valence-electron chi connectivity index (χ1n) is 15.7. The summed E-state index contributed by atoms with van der Waals surface area (Å²) in [6, 6.07) is 6.44. The summed E-state index contributed by atoms with van der Waals surface area (Å²) in [7, 11) is 0. The molecule has 5 aliphatic heterocycles. The Morgan fingerprint density at radius 3 is 2.82 bits per heavy atom. The minimum absolute atomic E-state index is 0.0345. The van der Waals surface area contributed by atoms with E-state index in [1.165, 1.54) is 12.1 Å². The second-order valence-corrected chi connectivity index (χ2v) is 12.8. The predicted octanol–water partition coefficient (Wildman–Crippen LogP) is 5.29. The van der Waals surface area contributed by atoms with E-state index in [2.05, 4.69) is 25.1 Å². The SMILES string of the molecule is CCc1c(F)ccc2cc(O)cc(-c3ncc4c(N5CC6CCC5CN6)nc(OC[C@]56CCCN5C[C@@H](F)C6)nc4c3F)c12. The van der Waals surface area contributed by atoms with E-state index in [-0.39, 0.29) is 35.6 Å². The molecule has 2 N–H and O–H groups in total. The van der Waals surface area contributed by atoms with Crippen molar-refractivity contribution in [2.24, 2.45) is 0 Å². The summed E-state index contributed by atoms with van der Waals surface area (Å²) >= 11 is 0. The van der Waals surface area contributed by atoms with Gasteiger partial charge in [-0.3, -0.25) is 9.88 Å². The summed E-state index contributed by atoms with van der Waals surface area (Å²) in [5, 5.41) is 15.7. The molecule has 4 aromatic rings. The molecule has 2 aromatic heterocycles. The monoisotopic (exact) mass is 604 g/mol. The van der Waals surface area contributed by atoms with E-state index in [9.17, 15) is 13.9 Å². The third kappa shape index (κ3) is 4.38. The first kappa shape index (κ1) is 27.8. The number of hydrogen-bond donors (Lipinski definition) is 2. The van der Waals surface area contributed by atoms with E-state index >= 15 is 4.39 Å². The molecule has 0 amide bonds. The van der Waals surface area contributed by atoms with Crippen LogP contribution >= 0.6 is 0 Å². The van der Waals surface area contributed by atoms with Crippen molar-refractivity contribution >= 4 is 27.5 Å². The average Bonchev–Trinajstić information content (AvgIpc) is 3.56. The molecule has 44 heavy (non-hydrogen) atoms. The number of nitrogens with zero attached hydrogens (tertiary/aromatic N) is 5. The quantitative estimate of drug-likeness (QED) is 0.307. The minimum Gasteiger partial charge on any atom is -0.508 e. The van der Waals surface area contributed by atoms with Crippen molar-refractivity contribution in [3.8, 4) is 23.0 Å². The molecule has 230 valence electrons. The second kappa shape index (κ2) is 10.4. The van der Waals surface area contributed by atoms with Gasteiger partial charge in [-0.2, -0.15) is 9.97 Å². The number of rotatable bonds is 6. The number of pyridine rings is 1. The first-order valence-corrected chi connectivity index (χ1v) is 15.7. The van der Waals surface area contributed by atoms with Crippen molar-refractivity contribution in [2.75, 3.05) is 37.7 Å². The largest absolute Gasteiger partial charge is 0.508 e. The number of hydrogen-bond acceptors (Lipinski definition) is 8. The fraction of sp³-hybridized carbons (Fsp3) is 0.485. The van der Waals surface area contributed by atoms with Gasteiger partial charge in [0, 0.05) is 49.9 Å². The molecule has 0 radical (unpaired) electrons. The standard InChI is InChI=1S/C33H35F3N6O2/c1-2-23-26(35)7-4-18-10-22(43)11-24(27(18)23)29-28(36)30-25(14-38-29)31(42-16-20-5-6-21(42)13-37-20)40-32(39-30)44-17-33-8-3-9-41(33)15-19(34)12-33/h4,7,10-11,14,19-21,37,43H,2-3,5-6,8-9,12-13,15-17H2,1H3/t19-,20?,21?,33+/m0/s1. The number of benzene rings is 2. The van der Waals surface area contributed by atoms with Gasteiger partial charge < -0.3 is 20.1 Å². The molecule has 2 aromatic carbocycles. The molecular formula is C33H35F3N6O2. The summed E-state index contributed by atoms with van der Waals surface area (Å²) in [4.78, 5) is 18.3. The normalized spacial score (nSPS) is 26.6. The number of piperidine rings is 2. The fourth-order valence-corrected chi connectivity index (χ4v) is 8.14. The number of anilines is 1. The fourth-order valence-electron chi connectivity index (χ4n) is 8.14. The first-order chi connectivity index (χ1) is 21.3. The Kier molecular flexibility index (Phi) is 6.60. The molecule has 0 spiro atoms. The van der Waals surface area contributed by atoms with Crippen molar-refractivity contribution < 1.29 is 23.0 Å². The topological polar surface area (TPSA) is 86.6 Å². The number of alkyl halides is 1. The van der Waals surface area contributed by atoms with Gasteiger partial charge in [0.2, 0.25) is 0 Å². The Morgan fingerprint density at radius 2 is 2.05 bits per heavy atom. The smallest absolute Gasteiger partial charge is 0.319 e. The summed E-state index contributed by atoms with van der Waals surface area (Å²) in [6.45, 7) is 4.82. The summed E-state index contributed by atoms with van der Waals surface area (Å²) in [5.41, 5.74) is 0.319. The molecule has 2 bridgehead atoms. The number of piperazine rings is 1. The number of halogens is 3. The zero-order valence-corrected chi connectivity index (χ0v) is 24.6. The highest BCUT2D eigenvalue weighted by atomic mass is 19.1. The molecule has 2 unspecified atom stereocenters. The van der Waals surface area contributed by atoms with E-state index in [4.69, 9.17) is 9.72 Å². The van der Waals surface area contributed by atoms with Gasteiger partial charge in [0.25, 0.3) is 0 Å². The van der Waals surface area contributed by atoms with Crippen molar-refractivity contribution in [1.29, 1.82) is 0 Å². The molecule has 4 atom stereocenters.